The highest BCUT2D eigenvalue weighted by Crippen LogP contribution is 2.32. The Kier molecular flexibility index (Phi) is 5.15. The number of carbonyl (C=O) groups is 1. The van der Waals surface area contributed by atoms with Gasteiger partial charge in [-0.05, 0) is 56.3 Å². The van der Waals surface area contributed by atoms with Crippen LogP contribution in [0.2, 0.25) is 0 Å². The minimum Gasteiger partial charge on any atom is -0.454 e. The van der Waals surface area contributed by atoms with Crippen molar-refractivity contribution in [3.8, 4) is 11.5 Å². The van der Waals surface area contributed by atoms with Crippen LogP contribution >= 0.6 is 0 Å². The first kappa shape index (κ1) is 18.5. The van der Waals surface area contributed by atoms with Crippen LogP contribution in [0.25, 0.3) is 0 Å². The molecule has 148 valence electrons. The topological polar surface area (TPSA) is 97.4 Å². The largest absolute Gasteiger partial charge is 0.454 e. The number of rotatable bonds is 6. The van der Waals surface area contributed by atoms with Crippen molar-refractivity contribution < 1.29 is 14.3 Å². The van der Waals surface area contributed by atoms with Gasteiger partial charge in [0.1, 0.15) is 5.82 Å². The van der Waals surface area contributed by atoms with Crippen LogP contribution in [0.3, 0.4) is 0 Å². The third kappa shape index (κ3) is 4.37. The predicted octanol–water partition coefficient (Wildman–Crippen LogP) is 3.94. The van der Waals surface area contributed by atoms with E-state index in [1.165, 1.54) is 0 Å². The maximum absolute atomic E-state index is 12.5. The molecule has 2 aromatic carbocycles. The molecule has 3 aromatic rings. The van der Waals surface area contributed by atoms with E-state index in [-0.39, 0.29) is 12.7 Å². The van der Waals surface area contributed by atoms with Crippen molar-refractivity contribution in [2.75, 3.05) is 29.3 Å². The van der Waals surface area contributed by atoms with Crippen LogP contribution in [-0.2, 0) is 0 Å². The molecule has 0 radical (unpaired) electrons. The molecule has 1 amide bonds. The standard InChI is InChI=1S/C21H21N5O3/c1-3-22-21-23-13(2)10-19(26-21)24-15-5-7-16(8-6-15)25-20(27)14-4-9-17-18(11-14)29-12-28-17/h4-11H,3,12H2,1-2H3,(H,25,27)(H2,22,23,24,26). The third-order valence-electron chi connectivity index (χ3n) is 4.24. The van der Waals surface area contributed by atoms with Crippen LogP contribution < -0.4 is 25.4 Å². The Hall–Kier alpha value is -3.81. The highest BCUT2D eigenvalue weighted by molar-refractivity contribution is 6.04. The normalized spacial score (nSPS) is 11.8. The fourth-order valence-corrected chi connectivity index (χ4v) is 2.90. The Morgan fingerprint density at radius 3 is 2.55 bits per heavy atom. The van der Waals surface area contributed by atoms with Gasteiger partial charge in [0.15, 0.2) is 11.5 Å². The lowest BCUT2D eigenvalue weighted by Crippen LogP contribution is -2.11. The maximum Gasteiger partial charge on any atom is 0.255 e. The number of aromatic nitrogens is 2. The molecule has 1 aliphatic rings. The number of benzene rings is 2. The molecule has 0 spiro atoms. The van der Waals surface area contributed by atoms with Crippen molar-refractivity contribution in [3.05, 3.63) is 59.8 Å². The second-order valence-corrected chi connectivity index (χ2v) is 6.47. The highest BCUT2D eigenvalue weighted by atomic mass is 16.7. The average Bonchev–Trinajstić information content (AvgIpc) is 3.17. The number of ether oxygens (including phenoxy) is 2. The molecule has 8 heteroatoms. The molecular weight excluding hydrogens is 370 g/mol. The van der Waals surface area contributed by atoms with Crippen molar-refractivity contribution in [1.29, 1.82) is 0 Å². The van der Waals surface area contributed by atoms with Gasteiger partial charge in [0.25, 0.3) is 5.91 Å². The van der Waals surface area contributed by atoms with Gasteiger partial charge in [-0.1, -0.05) is 0 Å². The second-order valence-electron chi connectivity index (χ2n) is 6.47. The molecule has 0 saturated heterocycles. The molecule has 2 heterocycles. The van der Waals surface area contributed by atoms with E-state index in [1.54, 1.807) is 18.2 Å². The summed E-state index contributed by atoms with van der Waals surface area (Å²) in [6, 6.07) is 14.4. The summed E-state index contributed by atoms with van der Waals surface area (Å²) in [5.41, 5.74) is 2.91. The lowest BCUT2D eigenvalue weighted by atomic mass is 10.2. The number of carbonyl (C=O) groups excluding carboxylic acids is 1. The zero-order valence-corrected chi connectivity index (χ0v) is 16.2. The summed E-state index contributed by atoms with van der Waals surface area (Å²) < 4.78 is 10.6. The number of nitrogens with zero attached hydrogens (tertiary/aromatic N) is 2. The van der Waals surface area contributed by atoms with Crippen LogP contribution in [0.5, 0.6) is 11.5 Å². The van der Waals surface area contributed by atoms with E-state index in [9.17, 15) is 4.79 Å². The van der Waals surface area contributed by atoms with Crippen LogP contribution in [0.1, 0.15) is 23.0 Å². The quantitative estimate of drug-likeness (QED) is 0.585. The minimum absolute atomic E-state index is 0.177. The number of nitrogens with one attached hydrogen (secondary N) is 3. The van der Waals surface area contributed by atoms with E-state index in [4.69, 9.17) is 9.47 Å². The van der Waals surface area contributed by atoms with Gasteiger partial charge >= 0.3 is 0 Å². The number of hydrogen-bond donors (Lipinski definition) is 3. The second kappa shape index (κ2) is 8.05. The first-order valence-electron chi connectivity index (χ1n) is 9.28. The molecule has 1 aliphatic heterocycles. The fraction of sp³-hybridized carbons (Fsp3) is 0.190. The van der Waals surface area contributed by atoms with Crippen molar-refractivity contribution >= 4 is 29.0 Å². The molecule has 29 heavy (non-hydrogen) atoms. The highest BCUT2D eigenvalue weighted by Gasteiger charge is 2.16. The van der Waals surface area contributed by atoms with E-state index in [1.807, 2.05) is 44.2 Å². The summed E-state index contributed by atoms with van der Waals surface area (Å²) in [4.78, 5) is 21.2. The van der Waals surface area contributed by atoms with Crippen molar-refractivity contribution in [2.45, 2.75) is 13.8 Å². The molecule has 0 aliphatic carbocycles. The van der Waals surface area contributed by atoms with Crippen molar-refractivity contribution in [2.24, 2.45) is 0 Å². The lowest BCUT2D eigenvalue weighted by molar-refractivity contribution is 0.102. The van der Waals surface area contributed by atoms with Crippen molar-refractivity contribution in [3.63, 3.8) is 0 Å². The van der Waals surface area contributed by atoms with E-state index < -0.39 is 0 Å². The monoisotopic (exact) mass is 391 g/mol. The number of amides is 1. The van der Waals surface area contributed by atoms with Gasteiger partial charge in [-0.3, -0.25) is 4.79 Å². The van der Waals surface area contributed by atoms with E-state index in [2.05, 4.69) is 25.9 Å². The van der Waals surface area contributed by atoms with Gasteiger partial charge in [-0.15, -0.1) is 0 Å². The van der Waals surface area contributed by atoms with E-state index >= 15 is 0 Å². The lowest BCUT2D eigenvalue weighted by Gasteiger charge is -2.10. The first-order valence-corrected chi connectivity index (χ1v) is 9.28. The molecule has 0 fully saturated rings. The smallest absolute Gasteiger partial charge is 0.255 e. The molecule has 1 aromatic heterocycles. The molecule has 0 atom stereocenters. The third-order valence-corrected chi connectivity index (χ3v) is 4.24. The number of anilines is 4. The van der Waals surface area contributed by atoms with Gasteiger partial charge in [0.05, 0.1) is 0 Å². The maximum atomic E-state index is 12.5. The molecular formula is C21H21N5O3. The Balaban J connectivity index is 1.42. The van der Waals surface area contributed by atoms with Crippen LogP contribution in [0.15, 0.2) is 48.5 Å². The first-order chi connectivity index (χ1) is 14.1. The fourth-order valence-electron chi connectivity index (χ4n) is 2.90. The molecule has 0 saturated carbocycles. The van der Waals surface area contributed by atoms with Crippen LogP contribution in [0, 0.1) is 6.92 Å². The zero-order chi connectivity index (χ0) is 20.2. The Morgan fingerprint density at radius 2 is 1.76 bits per heavy atom. The number of aryl methyl sites for hydroxylation is 1. The SMILES string of the molecule is CCNc1nc(C)cc(Nc2ccc(NC(=O)c3ccc4c(c3)OCO4)cc2)n1. The molecule has 0 unspecified atom stereocenters. The van der Waals surface area contributed by atoms with Gasteiger partial charge in [0.2, 0.25) is 12.7 Å². The average molecular weight is 391 g/mol. The number of hydrogen-bond acceptors (Lipinski definition) is 7. The van der Waals surface area contributed by atoms with Crippen LogP contribution in [-0.4, -0.2) is 29.2 Å². The van der Waals surface area contributed by atoms with Gasteiger partial charge in [-0.25, -0.2) is 4.98 Å². The summed E-state index contributed by atoms with van der Waals surface area (Å²) >= 11 is 0. The van der Waals surface area contributed by atoms with E-state index in [0.29, 0.717) is 34.5 Å². The van der Waals surface area contributed by atoms with Gasteiger partial charge in [0, 0.05) is 35.2 Å². The minimum atomic E-state index is -0.217. The summed E-state index contributed by atoms with van der Waals surface area (Å²) in [5.74, 6) is 2.29. The molecule has 8 nitrogen and oxygen atoms in total. The molecule has 0 bridgehead atoms. The number of fused-ring (bicyclic) bond motifs is 1. The summed E-state index contributed by atoms with van der Waals surface area (Å²) in [5, 5.41) is 9.24. The van der Waals surface area contributed by atoms with Crippen LogP contribution in [0.4, 0.5) is 23.1 Å². The zero-order valence-electron chi connectivity index (χ0n) is 16.2. The van der Waals surface area contributed by atoms with Crippen molar-refractivity contribution in [1.82, 2.24) is 9.97 Å². The Bertz CT molecular complexity index is 1040. The Morgan fingerprint density at radius 1 is 1.00 bits per heavy atom. The summed E-state index contributed by atoms with van der Waals surface area (Å²) in [6.07, 6.45) is 0. The predicted molar refractivity (Wildman–Crippen MR) is 111 cm³/mol. The molecule has 3 N–H and O–H groups in total. The van der Waals surface area contributed by atoms with Gasteiger partial charge in [-0.2, -0.15) is 4.98 Å². The molecule has 4 rings (SSSR count). The summed E-state index contributed by atoms with van der Waals surface area (Å²) in [7, 11) is 0. The van der Waals surface area contributed by atoms with E-state index in [0.717, 1.165) is 17.9 Å². The summed E-state index contributed by atoms with van der Waals surface area (Å²) in [6.45, 7) is 4.84. The van der Waals surface area contributed by atoms with Gasteiger partial charge < -0.3 is 25.4 Å². The Labute approximate surface area is 168 Å².